The number of nitrogens with zero attached hydrogens (tertiary/aromatic N) is 5. The smallest absolute Gasteiger partial charge is 0.691 e. The number of amides is 8. The molecule has 14 N–H and O–H groups in total. The molecule has 8 amide bonds. The Kier molecular flexibility index (Phi) is 33.2. The van der Waals surface area contributed by atoms with E-state index in [-0.39, 0.29) is 65.4 Å². The number of rotatable bonds is 29. The van der Waals surface area contributed by atoms with Crippen LogP contribution in [0.3, 0.4) is 0 Å². The summed E-state index contributed by atoms with van der Waals surface area (Å²) < 4.78 is 25.4. The van der Waals surface area contributed by atoms with E-state index in [9.17, 15) is 80.0 Å². The summed E-state index contributed by atoms with van der Waals surface area (Å²) in [6.45, 7) is 2.84. The van der Waals surface area contributed by atoms with Gasteiger partial charge in [0.2, 0.25) is 35.4 Å². The maximum Gasteiger partial charge on any atom is 1.00 e. The van der Waals surface area contributed by atoms with Crippen LogP contribution >= 0.6 is 23.7 Å². The van der Waals surface area contributed by atoms with Crippen LogP contribution in [0.1, 0.15) is 74.7 Å². The first-order chi connectivity index (χ1) is 47.9. The average Bonchev–Trinajstić information content (AvgIpc) is 1.68. The maximum absolute atomic E-state index is 15.2. The summed E-state index contributed by atoms with van der Waals surface area (Å²) in [7, 11) is 1.68. The van der Waals surface area contributed by atoms with Gasteiger partial charge in [-0.25, -0.2) is 4.79 Å². The minimum Gasteiger partial charge on any atom is -0.691 e. The van der Waals surface area contributed by atoms with Gasteiger partial charge >= 0.3 is 35.7 Å². The van der Waals surface area contributed by atoms with Gasteiger partial charge < -0.3 is 111 Å². The molecule has 101 heavy (non-hydrogen) atoms. The zero-order valence-electron chi connectivity index (χ0n) is 55.9. The van der Waals surface area contributed by atoms with Crippen molar-refractivity contribution in [3.8, 4) is 38.4 Å². The van der Waals surface area contributed by atoms with E-state index in [0.29, 0.717) is 27.9 Å². The minimum absolute atomic E-state index is 0. The molecule has 1 unspecified atom stereocenters. The fourth-order valence-corrected chi connectivity index (χ4v) is 12.6. The molecule has 3 aromatic carbocycles. The molecule has 7 rings (SSSR count). The number of unbranched alkanes of at least 4 members (excludes halogenated alkanes) is 3. The Morgan fingerprint density at radius 1 is 0.802 bits per heavy atom. The van der Waals surface area contributed by atoms with E-state index in [2.05, 4.69) is 52.7 Å². The largest absolute Gasteiger partial charge is 1.00 e. The molecule has 0 bridgehead atoms. The summed E-state index contributed by atoms with van der Waals surface area (Å²) in [5, 5.41) is 136. The average molecular weight is 1470 g/mol. The summed E-state index contributed by atoms with van der Waals surface area (Å²) in [4.78, 5) is 119. The van der Waals surface area contributed by atoms with E-state index >= 15 is 9.59 Å². The number of benzene rings is 3. The number of aliphatic hydroxyl groups is 8. The fraction of sp³-hybridized carbons (Fsp3) is 0.531. The topological polar surface area (TPSA) is 493 Å². The van der Waals surface area contributed by atoms with Gasteiger partial charge in [0.05, 0.1) is 62.5 Å². The van der Waals surface area contributed by atoms with Gasteiger partial charge in [-0.3, -0.25) is 38.6 Å². The monoisotopic (exact) mass is 1460 g/mol. The number of aliphatic hydroxyl groups excluding tert-OH is 8. The van der Waals surface area contributed by atoms with Gasteiger partial charge in [-0.15, -0.1) is 14.5 Å². The molecule has 1 aromatic heterocycles. The standard InChI is InChI=1S/C64H86N10O24S2.Na/c1-5-22-95-64(91)72(40(32-75)33-76)21-20-47(81)52-63(90)74-30-34(2)54(83)53(74)59(88)65-29-41(78)27-44(66-55(84)37-11-13-38(14-12-37)60-70-71-61(99-60)39-15-17-43(18-16-39)94-24-9-7-6-8-23-93-4)56(85)67-50(35(3)77)62(89)73-31-42(79)28-45(73)57(86)68-51(58(87)69-52)48(82)25-36-10-19-46(80)49(26-36)96-100-98-97-92;/h5,10-19,26,34-35,40-42,44-45,47-48,50-54,75-83,92H,1,6-9,20-25,27-33H2,2-4H3,(H,65,88)(H,66,84)(H,67,85)(H,68,86)(H,69,87);/q;+1/p-1/t34-,35+,41+,42+,44?,45-,47+,48+,50-,51-,52-,53-,54-;/m0./s1. The number of hydrogen-bond acceptors (Lipinski definition) is 28. The van der Waals surface area contributed by atoms with Gasteiger partial charge in [0.1, 0.15) is 58.6 Å². The molecule has 0 spiro atoms. The fourth-order valence-electron chi connectivity index (χ4n) is 11.5. The summed E-state index contributed by atoms with van der Waals surface area (Å²) in [5.74, 6) is -9.56. The summed E-state index contributed by atoms with van der Waals surface area (Å²) >= 11 is 1.25. The molecule has 548 valence electrons. The van der Waals surface area contributed by atoms with Crippen molar-refractivity contribution < 1.29 is 147 Å². The summed E-state index contributed by atoms with van der Waals surface area (Å²) in [5.41, 5.74) is 1.36. The molecule has 0 aliphatic carbocycles. The van der Waals surface area contributed by atoms with Crippen molar-refractivity contribution in [1.82, 2.24) is 51.5 Å². The van der Waals surface area contributed by atoms with Crippen LogP contribution < -0.4 is 70.3 Å². The Labute approximate surface area is 611 Å². The zero-order valence-corrected chi connectivity index (χ0v) is 59.6. The van der Waals surface area contributed by atoms with Crippen molar-refractivity contribution in [2.75, 3.05) is 66.3 Å². The molecule has 34 nitrogen and oxygen atoms in total. The van der Waals surface area contributed by atoms with Gasteiger partial charge in [-0.05, 0) is 86.7 Å². The molecule has 0 saturated carbocycles. The first-order valence-corrected chi connectivity index (χ1v) is 33.6. The summed E-state index contributed by atoms with van der Waals surface area (Å²) in [6, 6.07) is 3.49. The third kappa shape index (κ3) is 22.9. The third-order valence-corrected chi connectivity index (χ3v) is 18.3. The predicted octanol–water partition coefficient (Wildman–Crippen LogP) is -5.35. The number of carbonyl (C=O) groups is 8. The van der Waals surface area contributed by atoms with E-state index in [1.165, 1.54) is 42.5 Å². The Bertz CT molecular complexity index is 3400. The Balaban J connectivity index is 0.0000161. The van der Waals surface area contributed by atoms with Crippen molar-refractivity contribution in [3.05, 3.63) is 90.5 Å². The molecular formula is C64H85N10NaO24S2. The minimum atomic E-state index is -2.26. The number of ether oxygens (including phenoxy) is 3. The van der Waals surface area contributed by atoms with E-state index in [1.807, 2.05) is 24.3 Å². The Morgan fingerprint density at radius 2 is 1.44 bits per heavy atom. The number of methoxy groups -OCH3 is 1. The van der Waals surface area contributed by atoms with E-state index in [1.54, 1.807) is 19.2 Å². The molecule has 4 heterocycles. The van der Waals surface area contributed by atoms with Crippen LogP contribution in [0.2, 0.25) is 0 Å². The molecular weight excluding hydrogens is 1380 g/mol. The Hall–Kier alpha value is -7.21. The molecule has 0 radical (unpaired) electrons. The molecule has 3 aliphatic heterocycles. The number of phenols is 1. The number of nitrogens with one attached hydrogen (secondary N) is 5. The van der Waals surface area contributed by atoms with Crippen molar-refractivity contribution in [3.63, 3.8) is 0 Å². The van der Waals surface area contributed by atoms with E-state index < -0.39 is 203 Å². The van der Waals surface area contributed by atoms with Crippen molar-refractivity contribution in [2.24, 2.45) is 5.92 Å². The number of carbonyl (C=O) groups excluding carboxylic acids is 8. The number of aromatic nitrogens is 2. The predicted molar refractivity (Wildman–Crippen MR) is 351 cm³/mol. The quantitative estimate of drug-likeness (QED) is 0.00603. The van der Waals surface area contributed by atoms with Crippen LogP contribution in [0.25, 0.3) is 21.1 Å². The molecule has 37 heteroatoms. The molecule has 3 aliphatic rings. The van der Waals surface area contributed by atoms with Gasteiger partial charge in [-0.2, -0.15) is 0 Å². The van der Waals surface area contributed by atoms with Gasteiger partial charge in [0, 0.05) is 81.8 Å². The van der Waals surface area contributed by atoms with E-state index in [0.717, 1.165) is 71.6 Å². The van der Waals surface area contributed by atoms with Crippen LogP contribution in [0.15, 0.2) is 79.4 Å². The van der Waals surface area contributed by atoms with Gasteiger partial charge in [-0.1, -0.05) is 55.5 Å². The molecule has 4 aromatic rings. The second-order valence-electron chi connectivity index (χ2n) is 24.2. The molecule has 13 atom stereocenters. The Morgan fingerprint density at radius 3 is 2.07 bits per heavy atom. The second-order valence-corrected chi connectivity index (χ2v) is 25.6. The summed E-state index contributed by atoms with van der Waals surface area (Å²) in [6.07, 6.45) is -9.64. The van der Waals surface area contributed by atoms with Crippen molar-refractivity contribution in [2.45, 2.75) is 144 Å². The SMILES string of the molecule is C=CCOC(=O)N(CC[C@@H](O)[C@@H]1NC(=O)[C@H]([C@H](O)Cc2ccc(O)c(OSOO[O-])c2)NC(=O)[C@@H]2C[C@@H](O)CN2C(=O)[C@H]([C@@H](C)O)NC(=O)C(NC(=O)c2ccc(-c3nnc(-c4ccc(OCCCCCCOC)cc4)s3)cc2)C[C@@H](O)CNC(=O)[C@@H]2[C@@H](O)[C@@H](C)CN2C1=O)C(CO)CO.[Na+]. The maximum atomic E-state index is 15.2. The normalized spacial score (nSPS) is 23.3. The number of phenolic OH excluding ortho intramolecular Hbond substituents is 1. The first kappa shape index (κ1) is 82.7. The molecule has 3 saturated heterocycles. The van der Waals surface area contributed by atoms with Gasteiger partial charge in [0.15, 0.2) is 11.5 Å². The number of fused-ring (bicyclic) bond motifs is 2. The number of aromatic hydroxyl groups is 1. The number of β-amino-alcohol motifs (C(OH)–C–C–N with tert-alkyl or cyclic N) is 1. The van der Waals surface area contributed by atoms with Crippen molar-refractivity contribution >= 4 is 71.1 Å². The van der Waals surface area contributed by atoms with Crippen molar-refractivity contribution in [1.29, 1.82) is 0 Å². The van der Waals surface area contributed by atoms with Crippen LogP contribution in [0.4, 0.5) is 4.79 Å². The second kappa shape index (κ2) is 40.6. The third-order valence-electron chi connectivity index (χ3n) is 16.9. The van der Waals surface area contributed by atoms with Crippen LogP contribution in [0, 0.1) is 5.92 Å². The van der Waals surface area contributed by atoms with Gasteiger partial charge in [0.25, 0.3) is 18.2 Å². The number of hydrogen-bond donors (Lipinski definition) is 14. The first-order valence-electron chi connectivity index (χ1n) is 32.1. The molecule has 3 fully saturated rings. The zero-order chi connectivity index (χ0) is 72.7. The van der Waals surface area contributed by atoms with Crippen LogP contribution in [-0.4, -0.2) is 264 Å². The van der Waals surface area contributed by atoms with Crippen LogP contribution in [0.5, 0.6) is 17.2 Å². The van der Waals surface area contributed by atoms with E-state index in [4.69, 9.17) is 18.4 Å². The van der Waals surface area contributed by atoms with Crippen LogP contribution in [-0.2, 0) is 54.0 Å².